The molecule has 184 valence electrons. The van der Waals surface area contributed by atoms with Crippen molar-refractivity contribution in [1.82, 2.24) is 24.8 Å². The Morgan fingerprint density at radius 1 is 1.06 bits per heavy atom. The molecule has 1 aliphatic rings. The van der Waals surface area contributed by atoms with E-state index >= 15 is 0 Å². The molecule has 0 saturated carbocycles. The topological polar surface area (TPSA) is 100 Å². The number of hydrogen-bond acceptors (Lipinski definition) is 6. The van der Waals surface area contributed by atoms with Crippen LogP contribution in [-0.4, -0.2) is 57.4 Å². The van der Waals surface area contributed by atoms with Crippen molar-refractivity contribution >= 4 is 28.4 Å². The highest BCUT2D eigenvalue weighted by molar-refractivity contribution is 5.82. The molecule has 1 fully saturated rings. The zero-order valence-electron chi connectivity index (χ0n) is 18.9. The first-order valence-corrected chi connectivity index (χ1v) is 10.9. The van der Waals surface area contributed by atoms with Gasteiger partial charge in [0.25, 0.3) is 5.56 Å². The number of alkyl halides is 3. The molecule has 1 aromatic carbocycles. The summed E-state index contributed by atoms with van der Waals surface area (Å²) in [4.78, 5) is 48.4. The molecule has 9 nitrogen and oxygen atoms in total. The summed E-state index contributed by atoms with van der Waals surface area (Å²) in [7, 11) is 0. The molecule has 3 heterocycles. The Balaban J connectivity index is 1.43. The van der Waals surface area contributed by atoms with Crippen molar-refractivity contribution in [3.63, 3.8) is 0 Å². The predicted octanol–water partition coefficient (Wildman–Crippen LogP) is 1.80. The number of anilines is 1. The van der Waals surface area contributed by atoms with Gasteiger partial charge in [0.1, 0.15) is 12.2 Å². The molecule has 0 radical (unpaired) electrons. The van der Waals surface area contributed by atoms with E-state index in [4.69, 9.17) is 0 Å². The van der Waals surface area contributed by atoms with Crippen LogP contribution in [0.25, 0.3) is 10.9 Å². The van der Waals surface area contributed by atoms with Gasteiger partial charge in [-0.3, -0.25) is 23.9 Å². The number of halogens is 3. The third-order valence-electron chi connectivity index (χ3n) is 5.82. The Bertz CT molecular complexity index is 1300. The highest BCUT2D eigenvalue weighted by atomic mass is 19.4. The summed E-state index contributed by atoms with van der Waals surface area (Å²) in [5.41, 5.74) is 0.321. The quantitative estimate of drug-likeness (QED) is 0.588. The van der Waals surface area contributed by atoms with Crippen molar-refractivity contribution in [2.75, 3.05) is 31.1 Å². The van der Waals surface area contributed by atoms with Gasteiger partial charge in [0.15, 0.2) is 0 Å². The van der Waals surface area contributed by atoms with Crippen LogP contribution in [0, 0.1) is 0 Å². The standard InChI is InChI=1S/C23H23F3N6O3/c1-15(33)30-6-8-31(9-7-30)17-3-4-19-18(10-17)22(35)32(14-29-19)13-21(34)28-12-16-2-5-20(27-11-16)23(24,25)26/h2-5,10-11,14H,6-9,12-13H2,1H3,(H,28,34). The lowest BCUT2D eigenvalue weighted by Crippen LogP contribution is -2.48. The maximum atomic E-state index is 13.0. The van der Waals surface area contributed by atoms with Crippen LogP contribution < -0.4 is 15.8 Å². The van der Waals surface area contributed by atoms with Gasteiger partial charge in [0.2, 0.25) is 11.8 Å². The highest BCUT2D eigenvalue weighted by Crippen LogP contribution is 2.27. The molecule has 0 aliphatic carbocycles. The van der Waals surface area contributed by atoms with Crippen LogP contribution in [0.2, 0.25) is 0 Å². The Morgan fingerprint density at radius 3 is 2.43 bits per heavy atom. The van der Waals surface area contributed by atoms with E-state index < -0.39 is 17.8 Å². The largest absolute Gasteiger partial charge is 0.433 e. The van der Waals surface area contributed by atoms with E-state index in [1.165, 1.54) is 23.9 Å². The van der Waals surface area contributed by atoms with Crippen molar-refractivity contribution in [3.8, 4) is 0 Å². The molecule has 1 saturated heterocycles. The number of carbonyl (C=O) groups excluding carboxylic acids is 2. The van der Waals surface area contributed by atoms with Crippen LogP contribution in [0.15, 0.2) is 47.7 Å². The molecule has 35 heavy (non-hydrogen) atoms. The first kappa shape index (κ1) is 24.2. The van der Waals surface area contributed by atoms with Crippen molar-refractivity contribution in [1.29, 1.82) is 0 Å². The Morgan fingerprint density at radius 2 is 1.80 bits per heavy atom. The number of carbonyl (C=O) groups is 2. The molecule has 3 aromatic rings. The molecule has 2 aromatic heterocycles. The molecule has 0 atom stereocenters. The fourth-order valence-electron chi connectivity index (χ4n) is 3.84. The monoisotopic (exact) mass is 488 g/mol. The third-order valence-corrected chi connectivity index (χ3v) is 5.82. The van der Waals surface area contributed by atoms with Gasteiger partial charge >= 0.3 is 6.18 Å². The van der Waals surface area contributed by atoms with Gasteiger partial charge in [0, 0.05) is 51.5 Å². The number of benzene rings is 1. The molecule has 12 heteroatoms. The maximum absolute atomic E-state index is 13.0. The first-order valence-electron chi connectivity index (χ1n) is 10.9. The average Bonchev–Trinajstić information content (AvgIpc) is 2.84. The lowest BCUT2D eigenvalue weighted by Gasteiger charge is -2.35. The van der Waals surface area contributed by atoms with Gasteiger partial charge in [-0.05, 0) is 29.8 Å². The molecule has 0 bridgehead atoms. The van der Waals surface area contributed by atoms with Crippen molar-refractivity contribution in [2.45, 2.75) is 26.2 Å². The first-order chi connectivity index (χ1) is 16.6. The van der Waals surface area contributed by atoms with Crippen molar-refractivity contribution in [2.24, 2.45) is 0 Å². The number of piperazine rings is 1. The van der Waals surface area contributed by atoms with Gasteiger partial charge in [-0.25, -0.2) is 4.98 Å². The molecule has 0 unspecified atom stereocenters. The summed E-state index contributed by atoms with van der Waals surface area (Å²) in [5, 5.41) is 2.93. The van der Waals surface area contributed by atoms with Crippen LogP contribution >= 0.6 is 0 Å². The van der Waals surface area contributed by atoms with Gasteiger partial charge in [-0.15, -0.1) is 0 Å². The molecule has 2 amide bonds. The van der Waals surface area contributed by atoms with Gasteiger partial charge in [-0.1, -0.05) is 6.07 Å². The molecule has 1 aliphatic heterocycles. The van der Waals surface area contributed by atoms with Crippen LogP contribution in [0.1, 0.15) is 18.2 Å². The minimum absolute atomic E-state index is 0.0307. The number of amides is 2. The van der Waals surface area contributed by atoms with E-state index in [9.17, 15) is 27.6 Å². The lowest BCUT2D eigenvalue weighted by atomic mass is 10.2. The van der Waals surface area contributed by atoms with Crippen molar-refractivity contribution in [3.05, 3.63) is 64.5 Å². The Labute approximate surface area is 198 Å². The smallest absolute Gasteiger partial charge is 0.368 e. The lowest BCUT2D eigenvalue weighted by molar-refractivity contribution is -0.141. The van der Waals surface area contributed by atoms with Crippen LogP contribution in [-0.2, 0) is 28.9 Å². The Kier molecular flexibility index (Phi) is 6.72. The average molecular weight is 488 g/mol. The molecular formula is C23H23F3N6O3. The van der Waals surface area contributed by atoms with Crippen LogP contribution in [0.4, 0.5) is 18.9 Å². The molecular weight excluding hydrogens is 465 g/mol. The van der Waals surface area contributed by atoms with Gasteiger partial charge in [0.05, 0.1) is 17.2 Å². The normalized spacial score (nSPS) is 14.3. The van der Waals surface area contributed by atoms with E-state index in [0.29, 0.717) is 42.6 Å². The third kappa shape index (κ3) is 5.58. The minimum atomic E-state index is -4.53. The van der Waals surface area contributed by atoms with E-state index in [1.54, 1.807) is 17.0 Å². The summed E-state index contributed by atoms with van der Waals surface area (Å²) in [5.74, 6) is -0.465. The number of hydrogen-bond donors (Lipinski definition) is 1. The number of fused-ring (bicyclic) bond motifs is 1. The second kappa shape index (κ2) is 9.72. The highest BCUT2D eigenvalue weighted by Gasteiger charge is 2.32. The van der Waals surface area contributed by atoms with Crippen molar-refractivity contribution < 1.29 is 22.8 Å². The minimum Gasteiger partial charge on any atom is -0.368 e. The van der Waals surface area contributed by atoms with E-state index in [1.807, 2.05) is 6.07 Å². The zero-order chi connectivity index (χ0) is 25.2. The number of rotatable bonds is 5. The molecule has 4 rings (SSSR count). The van der Waals surface area contributed by atoms with Crippen LogP contribution in [0.3, 0.4) is 0 Å². The summed E-state index contributed by atoms with van der Waals surface area (Å²) in [6.45, 7) is 3.68. The fraction of sp³-hybridized carbons (Fsp3) is 0.348. The molecule has 0 spiro atoms. The van der Waals surface area contributed by atoms with E-state index in [2.05, 4.69) is 20.2 Å². The molecule has 1 N–H and O–H groups in total. The number of nitrogens with zero attached hydrogens (tertiary/aromatic N) is 5. The maximum Gasteiger partial charge on any atom is 0.433 e. The van der Waals surface area contributed by atoms with Gasteiger partial charge < -0.3 is 15.1 Å². The van der Waals surface area contributed by atoms with Gasteiger partial charge in [-0.2, -0.15) is 13.2 Å². The second-order valence-corrected chi connectivity index (χ2v) is 8.20. The summed E-state index contributed by atoms with van der Waals surface area (Å²) in [6, 6.07) is 7.42. The number of nitrogens with one attached hydrogen (secondary N) is 1. The summed E-state index contributed by atoms with van der Waals surface area (Å²) < 4.78 is 39.0. The zero-order valence-corrected chi connectivity index (χ0v) is 18.9. The summed E-state index contributed by atoms with van der Waals surface area (Å²) >= 11 is 0. The van der Waals surface area contributed by atoms with E-state index in [-0.39, 0.29) is 24.6 Å². The number of pyridine rings is 1. The summed E-state index contributed by atoms with van der Waals surface area (Å²) in [6.07, 6.45) is -2.20. The van der Waals surface area contributed by atoms with Crippen LogP contribution in [0.5, 0.6) is 0 Å². The second-order valence-electron chi connectivity index (χ2n) is 8.20. The van der Waals surface area contributed by atoms with E-state index in [0.717, 1.165) is 18.0 Å². The fourth-order valence-corrected chi connectivity index (χ4v) is 3.84. The SMILES string of the molecule is CC(=O)N1CCN(c2ccc3ncn(CC(=O)NCc4ccc(C(F)(F)F)nc4)c(=O)c3c2)CC1. The number of aromatic nitrogens is 3. The predicted molar refractivity (Wildman–Crippen MR) is 122 cm³/mol. The Hall–Kier alpha value is -3.96.